The third kappa shape index (κ3) is 4.29. The van der Waals surface area contributed by atoms with E-state index in [1.807, 2.05) is 6.07 Å². The molecule has 1 aromatic heterocycles. The summed E-state index contributed by atoms with van der Waals surface area (Å²) >= 11 is 0. The van der Waals surface area contributed by atoms with Crippen molar-refractivity contribution in [1.82, 2.24) is 9.88 Å². The lowest BCUT2D eigenvalue weighted by atomic mass is 10.1. The number of benzene rings is 2. The number of nitrogens with one attached hydrogen (secondary N) is 1. The summed E-state index contributed by atoms with van der Waals surface area (Å²) in [6.45, 7) is 1.91. The van der Waals surface area contributed by atoms with Crippen molar-refractivity contribution in [1.29, 1.82) is 0 Å². The van der Waals surface area contributed by atoms with Crippen LogP contribution in [0.3, 0.4) is 0 Å². The van der Waals surface area contributed by atoms with Crippen molar-refractivity contribution in [3.05, 3.63) is 59.8 Å². The van der Waals surface area contributed by atoms with Gasteiger partial charge < -0.3 is 14.0 Å². The first-order valence-electron chi connectivity index (χ1n) is 8.17. The van der Waals surface area contributed by atoms with E-state index in [4.69, 9.17) is 14.0 Å². The van der Waals surface area contributed by atoms with E-state index in [0.717, 1.165) is 5.56 Å². The molecule has 8 heteroatoms. The van der Waals surface area contributed by atoms with Crippen LogP contribution >= 0.6 is 0 Å². The van der Waals surface area contributed by atoms with Crippen LogP contribution in [0, 0.1) is 6.92 Å². The van der Waals surface area contributed by atoms with Gasteiger partial charge in [-0.05, 0) is 42.8 Å². The maximum Gasteiger partial charge on any atom is 0.244 e. The van der Waals surface area contributed by atoms with Gasteiger partial charge in [-0.3, -0.25) is 0 Å². The molecule has 0 saturated carbocycles. The summed E-state index contributed by atoms with van der Waals surface area (Å²) < 4.78 is 43.9. The quantitative estimate of drug-likeness (QED) is 0.669. The third-order valence-electron chi connectivity index (χ3n) is 3.97. The van der Waals surface area contributed by atoms with Crippen LogP contribution < -0.4 is 14.2 Å². The fraction of sp³-hybridized carbons (Fsp3) is 0.211. The lowest BCUT2D eigenvalue weighted by Gasteiger charge is -2.12. The number of ether oxygens (including phenoxy) is 2. The maximum absolute atomic E-state index is 12.9. The highest BCUT2D eigenvalue weighted by Gasteiger charge is 2.21. The molecule has 0 fully saturated rings. The molecule has 0 unspecified atom stereocenters. The van der Waals surface area contributed by atoms with Crippen LogP contribution in [0.4, 0.5) is 0 Å². The zero-order chi connectivity index (χ0) is 19.4. The van der Waals surface area contributed by atoms with E-state index in [-0.39, 0.29) is 17.2 Å². The number of hydrogen-bond acceptors (Lipinski definition) is 6. The minimum Gasteiger partial charge on any atom is -0.497 e. The van der Waals surface area contributed by atoms with Crippen molar-refractivity contribution in [2.24, 2.45) is 0 Å². The van der Waals surface area contributed by atoms with Crippen molar-refractivity contribution in [2.75, 3.05) is 14.2 Å². The van der Waals surface area contributed by atoms with Crippen LogP contribution in [0.25, 0.3) is 11.3 Å². The second-order valence-electron chi connectivity index (χ2n) is 5.87. The Morgan fingerprint density at radius 1 is 1.07 bits per heavy atom. The minimum atomic E-state index is -3.82. The summed E-state index contributed by atoms with van der Waals surface area (Å²) in [6.07, 6.45) is 0. The molecule has 0 aliphatic carbocycles. The molecule has 7 nitrogen and oxygen atoms in total. The monoisotopic (exact) mass is 388 g/mol. The molecule has 0 saturated heterocycles. The number of sulfonamides is 1. The summed E-state index contributed by atoms with van der Waals surface area (Å²) in [5, 5.41) is 3.84. The van der Waals surface area contributed by atoms with Crippen molar-refractivity contribution in [3.8, 4) is 22.8 Å². The van der Waals surface area contributed by atoms with Crippen molar-refractivity contribution in [2.45, 2.75) is 18.4 Å². The molecule has 0 aliphatic heterocycles. The van der Waals surface area contributed by atoms with E-state index in [1.165, 1.54) is 13.2 Å². The number of methoxy groups -OCH3 is 2. The molecule has 0 bridgehead atoms. The Bertz CT molecular complexity index is 1040. The molecule has 27 heavy (non-hydrogen) atoms. The second-order valence-corrected chi connectivity index (χ2v) is 7.61. The molecular formula is C19H20N2O5S. The van der Waals surface area contributed by atoms with Gasteiger partial charge in [-0.15, -0.1) is 0 Å². The van der Waals surface area contributed by atoms with Gasteiger partial charge in [-0.25, -0.2) is 13.1 Å². The predicted octanol–water partition coefficient (Wildman–Crippen LogP) is 3.15. The Morgan fingerprint density at radius 2 is 1.89 bits per heavy atom. The molecular weight excluding hydrogens is 368 g/mol. The lowest BCUT2D eigenvalue weighted by Crippen LogP contribution is -2.23. The Morgan fingerprint density at radius 3 is 2.56 bits per heavy atom. The van der Waals surface area contributed by atoms with Crippen LogP contribution in [-0.2, 0) is 16.6 Å². The molecule has 0 aliphatic rings. The fourth-order valence-electron chi connectivity index (χ4n) is 2.58. The smallest absolute Gasteiger partial charge is 0.244 e. The molecule has 0 spiro atoms. The van der Waals surface area contributed by atoms with Gasteiger partial charge in [-0.2, -0.15) is 0 Å². The Labute approximate surface area is 158 Å². The van der Waals surface area contributed by atoms with Crippen LogP contribution in [0.2, 0.25) is 0 Å². The van der Waals surface area contributed by atoms with Gasteiger partial charge in [0.1, 0.15) is 16.4 Å². The third-order valence-corrected chi connectivity index (χ3v) is 5.39. The standard InChI is InChI=1S/C19H20N2O5S/c1-13-9-18(26-21-13)15-7-8-17(25-3)19(11-15)27(22,23)20-12-14-5-4-6-16(10-14)24-2/h4-11,20H,12H2,1-3H3. The Balaban J connectivity index is 1.90. The second kappa shape index (κ2) is 7.81. The molecule has 0 amide bonds. The highest BCUT2D eigenvalue weighted by molar-refractivity contribution is 7.89. The van der Waals surface area contributed by atoms with Crippen LogP contribution in [0.5, 0.6) is 11.5 Å². The van der Waals surface area contributed by atoms with Crippen molar-refractivity contribution < 1.29 is 22.4 Å². The first-order chi connectivity index (χ1) is 12.9. The lowest BCUT2D eigenvalue weighted by molar-refractivity contribution is 0.402. The van der Waals surface area contributed by atoms with E-state index >= 15 is 0 Å². The van der Waals surface area contributed by atoms with Gasteiger partial charge in [0, 0.05) is 18.2 Å². The van der Waals surface area contributed by atoms with E-state index in [1.54, 1.807) is 50.4 Å². The SMILES string of the molecule is COc1cccc(CNS(=O)(=O)c2cc(-c3cc(C)no3)ccc2OC)c1. The average Bonchev–Trinajstić information content (AvgIpc) is 3.12. The molecule has 0 radical (unpaired) electrons. The highest BCUT2D eigenvalue weighted by Crippen LogP contribution is 2.30. The number of nitrogens with zero attached hydrogens (tertiary/aromatic N) is 1. The van der Waals surface area contributed by atoms with E-state index in [9.17, 15) is 8.42 Å². The first-order valence-corrected chi connectivity index (χ1v) is 9.65. The molecule has 2 aromatic carbocycles. The molecule has 3 rings (SSSR count). The van der Waals surface area contributed by atoms with Crippen LogP contribution in [0.15, 0.2) is 57.9 Å². The van der Waals surface area contributed by atoms with Crippen LogP contribution in [0.1, 0.15) is 11.3 Å². The van der Waals surface area contributed by atoms with Crippen molar-refractivity contribution >= 4 is 10.0 Å². The molecule has 0 atom stereocenters. The fourth-order valence-corrected chi connectivity index (χ4v) is 3.79. The number of rotatable bonds is 7. The summed E-state index contributed by atoms with van der Waals surface area (Å²) in [6, 6.07) is 13.7. The van der Waals surface area contributed by atoms with E-state index in [2.05, 4.69) is 9.88 Å². The predicted molar refractivity (Wildman–Crippen MR) is 100 cm³/mol. The summed E-state index contributed by atoms with van der Waals surface area (Å²) in [5.74, 6) is 1.39. The number of aromatic nitrogens is 1. The number of hydrogen-bond donors (Lipinski definition) is 1. The van der Waals surface area contributed by atoms with Gasteiger partial charge in [0.25, 0.3) is 0 Å². The largest absolute Gasteiger partial charge is 0.497 e. The number of aryl methyl sites for hydroxylation is 1. The molecule has 1 N–H and O–H groups in total. The van der Waals surface area contributed by atoms with Crippen LogP contribution in [-0.4, -0.2) is 27.8 Å². The molecule has 3 aromatic rings. The maximum atomic E-state index is 12.9. The Hall–Kier alpha value is -2.84. The first kappa shape index (κ1) is 18.9. The summed E-state index contributed by atoms with van der Waals surface area (Å²) in [4.78, 5) is 0.0273. The van der Waals surface area contributed by atoms with Gasteiger partial charge >= 0.3 is 0 Å². The van der Waals surface area contributed by atoms with Gasteiger partial charge in [-0.1, -0.05) is 17.3 Å². The normalized spacial score (nSPS) is 11.4. The van der Waals surface area contributed by atoms with Gasteiger partial charge in [0.05, 0.1) is 19.9 Å². The Kier molecular flexibility index (Phi) is 5.48. The van der Waals surface area contributed by atoms with Gasteiger partial charge in [0.15, 0.2) is 5.76 Å². The minimum absolute atomic E-state index is 0.0273. The highest BCUT2D eigenvalue weighted by atomic mass is 32.2. The summed E-state index contributed by atoms with van der Waals surface area (Å²) in [5.41, 5.74) is 2.08. The van der Waals surface area contributed by atoms with Crippen molar-refractivity contribution in [3.63, 3.8) is 0 Å². The molecule has 1 heterocycles. The van der Waals surface area contributed by atoms with Gasteiger partial charge in [0.2, 0.25) is 10.0 Å². The van der Waals surface area contributed by atoms with E-state index in [0.29, 0.717) is 22.8 Å². The average molecular weight is 388 g/mol. The summed E-state index contributed by atoms with van der Waals surface area (Å²) in [7, 11) is -0.837. The topological polar surface area (TPSA) is 90.7 Å². The molecule has 142 valence electrons. The van der Waals surface area contributed by atoms with E-state index < -0.39 is 10.0 Å². The zero-order valence-corrected chi connectivity index (χ0v) is 16.0. The zero-order valence-electron chi connectivity index (χ0n) is 15.2.